The van der Waals surface area contributed by atoms with Gasteiger partial charge in [0.1, 0.15) is 11.6 Å². The molecule has 1 saturated heterocycles. The summed E-state index contributed by atoms with van der Waals surface area (Å²) >= 11 is 1.52. The van der Waals surface area contributed by atoms with E-state index in [9.17, 15) is 4.79 Å². The number of piperidine rings is 1. The fraction of sp³-hybridized carbons (Fsp3) is 0.467. The van der Waals surface area contributed by atoms with Gasteiger partial charge in [-0.2, -0.15) is 0 Å². The lowest BCUT2D eigenvalue weighted by molar-refractivity contribution is -0.130. The number of thiazole rings is 1. The second-order valence-electron chi connectivity index (χ2n) is 5.60. The molecule has 1 aliphatic rings. The van der Waals surface area contributed by atoms with Gasteiger partial charge in [0.15, 0.2) is 5.13 Å². The number of amides is 1. The van der Waals surface area contributed by atoms with Crippen LogP contribution >= 0.6 is 11.3 Å². The highest BCUT2D eigenvalue weighted by molar-refractivity contribution is 7.13. The number of carbonyl (C=O) groups excluding carboxylic acids is 1. The van der Waals surface area contributed by atoms with Crippen molar-refractivity contribution >= 4 is 28.2 Å². The SMILES string of the molecule is Cc1cc(Nc2nccs2)nc(C2CCCN(C(=O)CN)C2)n1. The van der Waals surface area contributed by atoms with Gasteiger partial charge >= 0.3 is 0 Å². The molecule has 0 spiro atoms. The highest BCUT2D eigenvalue weighted by Gasteiger charge is 2.26. The molecule has 0 saturated carbocycles. The van der Waals surface area contributed by atoms with Crippen molar-refractivity contribution in [3.63, 3.8) is 0 Å². The van der Waals surface area contributed by atoms with Crippen molar-refractivity contribution in [2.75, 3.05) is 25.0 Å². The monoisotopic (exact) mass is 332 g/mol. The molecule has 0 aliphatic carbocycles. The summed E-state index contributed by atoms with van der Waals surface area (Å²) in [5.74, 6) is 1.66. The predicted octanol–water partition coefficient (Wildman–Crippen LogP) is 1.65. The van der Waals surface area contributed by atoms with E-state index in [2.05, 4.69) is 20.3 Å². The molecular weight excluding hydrogens is 312 g/mol. The molecule has 3 heterocycles. The first-order chi connectivity index (χ1) is 11.2. The fourth-order valence-electron chi connectivity index (χ4n) is 2.78. The zero-order valence-electron chi connectivity index (χ0n) is 13.0. The number of anilines is 2. The summed E-state index contributed by atoms with van der Waals surface area (Å²) in [6.07, 6.45) is 3.68. The van der Waals surface area contributed by atoms with Crippen LogP contribution in [0.3, 0.4) is 0 Å². The van der Waals surface area contributed by atoms with Gasteiger partial charge in [-0.25, -0.2) is 15.0 Å². The largest absolute Gasteiger partial charge is 0.341 e. The Balaban J connectivity index is 1.79. The molecule has 0 radical (unpaired) electrons. The van der Waals surface area contributed by atoms with Gasteiger partial charge in [-0.3, -0.25) is 4.79 Å². The minimum atomic E-state index is -0.0107. The summed E-state index contributed by atoms with van der Waals surface area (Å²) in [6.45, 7) is 3.40. The van der Waals surface area contributed by atoms with Gasteiger partial charge in [0.2, 0.25) is 5.91 Å². The Labute approximate surface area is 139 Å². The predicted molar refractivity (Wildman–Crippen MR) is 89.8 cm³/mol. The number of carbonyl (C=O) groups is 1. The van der Waals surface area contributed by atoms with Crippen LogP contribution in [0, 0.1) is 6.92 Å². The van der Waals surface area contributed by atoms with Gasteiger partial charge in [0.05, 0.1) is 6.54 Å². The summed E-state index contributed by atoms with van der Waals surface area (Å²) < 4.78 is 0. The van der Waals surface area contributed by atoms with E-state index in [1.54, 1.807) is 6.20 Å². The average Bonchev–Trinajstić information content (AvgIpc) is 3.06. The van der Waals surface area contributed by atoms with E-state index in [0.29, 0.717) is 6.54 Å². The quantitative estimate of drug-likeness (QED) is 0.883. The standard InChI is InChI=1S/C15H20N6OS/c1-10-7-12(20-15-17-4-6-23-15)19-14(18-10)11-3-2-5-21(9-11)13(22)8-16/h4,6-7,11H,2-3,5,8-9,16H2,1H3,(H,17,18,19,20). The Hall–Kier alpha value is -2.06. The van der Waals surface area contributed by atoms with Gasteiger partial charge in [0, 0.05) is 42.3 Å². The van der Waals surface area contributed by atoms with Gasteiger partial charge < -0.3 is 16.0 Å². The molecule has 1 atom stereocenters. The summed E-state index contributed by atoms with van der Waals surface area (Å²) in [6, 6.07) is 1.90. The maximum absolute atomic E-state index is 11.8. The van der Waals surface area contributed by atoms with E-state index >= 15 is 0 Å². The lowest BCUT2D eigenvalue weighted by Crippen LogP contribution is -2.42. The molecule has 122 valence electrons. The molecule has 1 aliphatic heterocycles. The van der Waals surface area contributed by atoms with Gasteiger partial charge in [0.25, 0.3) is 0 Å². The zero-order chi connectivity index (χ0) is 16.2. The van der Waals surface area contributed by atoms with Crippen molar-refractivity contribution < 1.29 is 4.79 Å². The van der Waals surface area contributed by atoms with Crippen molar-refractivity contribution in [3.8, 4) is 0 Å². The summed E-state index contributed by atoms with van der Waals surface area (Å²) in [7, 11) is 0. The maximum atomic E-state index is 11.8. The topological polar surface area (TPSA) is 97.0 Å². The minimum Gasteiger partial charge on any atom is -0.341 e. The number of likely N-dealkylation sites (tertiary alicyclic amines) is 1. The van der Waals surface area contributed by atoms with E-state index in [1.165, 1.54) is 11.3 Å². The first kappa shape index (κ1) is 15.8. The summed E-state index contributed by atoms with van der Waals surface area (Å²) in [5.41, 5.74) is 6.37. The molecule has 7 nitrogen and oxygen atoms in total. The lowest BCUT2D eigenvalue weighted by atomic mass is 9.97. The number of aryl methyl sites for hydroxylation is 1. The lowest BCUT2D eigenvalue weighted by Gasteiger charge is -2.32. The number of nitrogens with one attached hydrogen (secondary N) is 1. The molecule has 2 aromatic heterocycles. The second-order valence-corrected chi connectivity index (χ2v) is 6.49. The highest BCUT2D eigenvalue weighted by atomic mass is 32.1. The Kier molecular flexibility index (Phi) is 4.82. The van der Waals surface area contributed by atoms with Crippen LogP contribution in [0.25, 0.3) is 0 Å². The molecule has 23 heavy (non-hydrogen) atoms. The van der Waals surface area contributed by atoms with Gasteiger partial charge in [-0.1, -0.05) is 0 Å². The third-order valence-corrected chi connectivity index (χ3v) is 4.54. The summed E-state index contributed by atoms with van der Waals surface area (Å²) in [5, 5.41) is 5.92. The van der Waals surface area contributed by atoms with Crippen LogP contribution in [-0.4, -0.2) is 45.4 Å². The molecule has 0 bridgehead atoms. The first-order valence-electron chi connectivity index (χ1n) is 7.65. The molecule has 3 N–H and O–H groups in total. The van der Waals surface area contributed by atoms with Crippen molar-refractivity contribution in [1.82, 2.24) is 19.9 Å². The van der Waals surface area contributed by atoms with Crippen molar-refractivity contribution in [2.45, 2.75) is 25.7 Å². The molecular formula is C15H20N6OS. The van der Waals surface area contributed by atoms with Crippen LogP contribution in [-0.2, 0) is 4.79 Å². The van der Waals surface area contributed by atoms with Crippen LogP contribution in [0.4, 0.5) is 10.9 Å². The number of nitrogens with two attached hydrogens (primary N) is 1. The first-order valence-corrected chi connectivity index (χ1v) is 8.53. The Bertz CT molecular complexity index is 675. The van der Waals surface area contributed by atoms with Crippen LogP contribution in [0.15, 0.2) is 17.6 Å². The second kappa shape index (κ2) is 7.01. The van der Waals surface area contributed by atoms with Gasteiger partial charge in [-0.05, 0) is 19.8 Å². The van der Waals surface area contributed by atoms with Crippen LogP contribution in [0.1, 0.15) is 30.3 Å². The number of hydrogen-bond acceptors (Lipinski definition) is 7. The maximum Gasteiger partial charge on any atom is 0.236 e. The van der Waals surface area contributed by atoms with E-state index in [-0.39, 0.29) is 18.4 Å². The number of nitrogens with zero attached hydrogens (tertiary/aromatic N) is 4. The molecule has 0 aromatic carbocycles. The van der Waals surface area contributed by atoms with Crippen LogP contribution in [0.2, 0.25) is 0 Å². The van der Waals surface area contributed by atoms with E-state index in [1.807, 2.05) is 23.3 Å². The molecule has 1 amide bonds. The Morgan fingerprint density at radius 3 is 3.13 bits per heavy atom. The molecule has 1 unspecified atom stereocenters. The van der Waals surface area contributed by atoms with E-state index < -0.39 is 0 Å². The smallest absolute Gasteiger partial charge is 0.236 e. The number of aromatic nitrogens is 3. The Morgan fingerprint density at radius 1 is 1.52 bits per heavy atom. The average molecular weight is 332 g/mol. The third kappa shape index (κ3) is 3.83. The fourth-order valence-corrected chi connectivity index (χ4v) is 3.31. The minimum absolute atomic E-state index is 0.0107. The van der Waals surface area contributed by atoms with Crippen LogP contribution < -0.4 is 11.1 Å². The van der Waals surface area contributed by atoms with E-state index in [4.69, 9.17) is 5.73 Å². The van der Waals surface area contributed by atoms with E-state index in [0.717, 1.165) is 41.9 Å². The van der Waals surface area contributed by atoms with Crippen LogP contribution in [0.5, 0.6) is 0 Å². The molecule has 2 aromatic rings. The van der Waals surface area contributed by atoms with Crippen molar-refractivity contribution in [3.05, 3.63) is 29.2 Å². The zero-order valence-corrected chi connectivity index (χ0v) is 13.8. The number of hydrogen-bond donors (Lipinski definition) is 2. The number of rotatable bonds is 4. The molecule has 8 heteroatoms. The van der Waals surface area contributed by atoms with Gasteiger partial charge in [-0.15, -0.1) is 11.3 Å². The van der Waals surface area contributed by atoms with Crippen molar-refractivity contribution in [1.29, 1.82) is 0 Å². The molecule has 1 fully saturated rings. The Morgan fingerprint density at radius 2 is 2.39 bits per heavy atom. The normalized spacial score (nSPS) is 18.0. The summed E-state index contributed by atoms with van der Waals surface area (Å²) in [4.78, 5) is 27.0. The van der Waals surface area contributed by atoms with Crippen molar-refractivity contribution in [2.24, 2.45) is 5.73 Å². The third-order valence-electron chi connectivity index (χ3n) is 3.85. The highest BCUT2D eigenvalue weighted by Crippen LogP contribution is 2.26. The molecule has 3 rings (SSSR count).